The van der Waals surface area contributed by atoms with Crippen molar-refractivity contribution in [3.63, 3.8) is 0 Å². The van der Waals surface area contributed by atoms with Crippen molar-refractivity contribution < 1.29 is 4.42 Å². The van der Waals surface area contributed by atoms with Gasteiger partial charge >= 0.3 is 0 Å². The zero-order valence-electron chi connectivity index (χ0n) is 21.3. The first-order chi connectivity index (χ1) is 18.7. The number of rotatable bonds is 3. The van der Waals surface area contributed by atoms with E-state index in [4.69, 9.17) is 4.42 Å². The summed E-state index contributed by atoms with van der Waals surface area (Å²) in [6, 6.07) is 41.5. The van der Waals surface area contributed by atoms with Crippen molar-refractivity contribution in [2.45, 2.75) is 13.8 Å². The minimum Gasteiger partial charge on any atom is -0.456 e. The molecule has 0 aliphatic heterocycles. The smallest absolute Gasteiger partial charge is 0.135 e. The molecule has 0 saturated carbocycles. The molecule has 1 heterocycles. The molecule has 0 radical (unpaired) electrons. The van der Waals surface area contributed by atoms with Gasteiger partial charge in [-0.3, -0.25) is 0 Å². The molecule has 0 fully saturated rings. The van der Waals surface area contributed by atoms with Crippen LogP contribution in [0.3, 0.4) is 0 Å². The summed E-state index contributed by atoms with van der Waals surface area (Å²) in [4.78, 5) is 2.40. The molecule has 2 nitrogen and oxygen atoms in total. The topological polar surface area (TPSA) is 16.4 Å². The number of anilines is 3. The van der Waals surface area contributed by atoms with Gasteiger partial charge in [0, 0.05) is 27.5 Å². The Hall–Kier alpha value is -4.82. The highest BCUT2D eigenvalue weighted by Gasteiger charge is 2.21. The third-order valence-electron chi connectivity index (χ3n) is 8.06. The number of hydrogen-bond donors (Lipinski definition) is 0. The van der Waals surface area contributed by atoms with Crippen molar-refractivity contribution in [2.75, 3.05) is 4.90 Å². The molecule has 0 atom stereocenters. The van der Waals surface area contributed by atoms with Crippen LogP contribution in [0.1, 0.15) is 11.1 Å². The molecule has 8 rings (SSSR count). The maximum Gasteiger partial charge on any atom is 0.135 e. The summed E-state index contributed by atoms with van der Waals surface area (Å²) in [5.41, 5.74) is 7.84. The van der Waals surface area contributed by atoms with Gasteiger partial charge in [-0.2, -0.15) is 0 Å². The monoisotopic (exact) mass is 487 g/mol. The van der Waals surface area contributed by atoms with E-state index in [0.717, 1.165) is 33.3 Å². The molecular weight excluding hydrogens is 462 g/mol. The second-order valence-corrected chi connectivity index (χ2v) is 10.3. The summed E-state index contributed by atoms with van der Waals surface area (Å²) in [6.07, 6.45) is 0. The number of nitrogens with zero attached hydrogens (tertiary/aromatic N) is 1. The van der Waals surface area contributed by atoms with Gasteiger partial charge in [0.1, 0.15) is 11.2 Å². The van der Waals surface area contributed by atoms with Gasteiger partial charge in [-0.15, -0.1) is 0 Å². The highest BCUT2D eigenvalue weighted by Crippen LogP contribution is 2.46. The van der Waals surface area contributed by atoms with Gasteiger partial charge < -0.3 is 9.32 Å². The summed E-state index contributed by atoms with van der Waals surface area (Å²) in [6.45, 7) is 4.44. The average molecular weight is 488 g/mol. The molecule has 0 amide bonds. The summed E-state index contributed by atoms with van der Waals surface area (Å²) >= 11 is 0. The lowest BCUT2D eigenvalue weighted by Gasteiger charge is -2.28. The first-order valence-corrected chi connectivity index (χ1v) is 13.1. The van der Waals surface area contributed by atoms with Gasteiger partial charge in [0.2, 0.25) is 0 Å². The Labute approximate surface area is 220 Å². The fourth-order valence-electron chi connectivity index (χ4n) is 6.24. The van der Waals surface area contributed by atoms with Crippen molar-refractivity contribution in [3.8, 4) is 0 Å². The molecule has 7 aromatic carbocycles. The second kappa shape index (κ2) is 7.84. The molecule has 1 aromatic heterocycles. The minimum absolute atomic E-state index is 0.907. The van der Waals surface area contributed by atoms with Crippen LogP contribution in [0.4, 0.5) is 17.1 Å². The van der Waals surface area contributed by atoms with E-state index in [9.17, 15) is 0 Å². The Morgan fingerprint density at radius 1 is 0.474 bits per heavy atom. The third kappa shape index (κ3) is 2.95. The molecule has 8 aromatic rings. The van der Waals surface area contributed by atoms with Crippen LogP contribution in [0.25, 0.3) is 54.3 Å². The van der Waals surface area contributed by atoms with Crippen LogP contribution < -0.4 is 4.90 Å². The van der Waals surface area contributed by atoms with Gasteiger partial charge in [-0.25, -0.2) is 0 Å². The number of benzene rings is 7. The van der Waals surface area contributed by atoms with Crippen LogP contribution in [-0.2, 0) is 0 Å². The predicted octanol–water partition coefficient (Wildman–Crippen LogP) is 10.6. The van der Waals surface area contributed by atoms with Crippen LogP contribution in [0.2, 0.25) is 0 Å². The average Bonchev–Trinajstić information content (AvgIpc) is 3.33. The van der Waals surface area contributed by atoms with Crippen molar-refractivity contribution in [1.29, 1.82) is 0 Å². The number of aryl methyl sites for hydroxylation is 2. The van der Waals surface area contributed by atoms with Gasteiger partial charge in [-0.05, 0) is 94.4 Å². The number of para-hydroxylation sites is 2. The number of hydrogen-bond acceptors (Lipinski definition) is 2. The summed E-state index contributed by atoms with van der Waals surface area (Å²) in [7, 11) is 0. The molecule has 0 N–H and O–H groups in total. The fourth-order valence-corrected chi connectivity index (χ4v) is 6.24. The second-order valence-electron chi connectivity index (χ2n) is 10.3. The predicted molar refractivity (Wildman–Crippen MR) is 162 cm³/mol. The molecule has 0 unspecified atom stereocenters. The Kier molecular flexibility index (Phi) is 4.39. The quantitative estimate of drug-likeness (QED) is 0.230. The maximum atomic E-state index is 6.16. The molecule has 2 heteroatoms. The third-order valence-corrected chi connectivity index (χ3v) is 8.06. The summed E-state index contributed by atoms with van der Waals surface area (Å²) in [5.74, 6) is 0. The van der Waals surface area contributed by atoms with Crippen molar-refractivity contribution in [1.82, 2.24) is 0 Å². The molecule has 0 saturated heterocycles. The van der Waals surface area contributed by atoms with E-state index < -0.39 is 0 Å². The first kappa shape index (κ1) is 21.3. The van der Waals surface area contributed by atoms with Crippen LogP contribution in [0, 0.1) is 13.8 Å². The molecule has 38 heavy (non-hydrogen) atoms. The fraction of sp³-hybridized carbons (Fsp3) is 0.0556. The van der Waals surface area contributed by atoms with E-state index in [1.807, 2.05) is 12.1 Å². The molecule has 0 bridgehead atoms. The van der Waals surface area contributed by atoms with Crippen LogP contribution >= 0.6 is 0 Å². The summed E-state index contributed by atoms with van der Waals surface area (Å²) in [5, 5.41) is 10.2. The van der Waals surface area contributed by atoms with E-state index in [1.54, 1.807) is 0 Å². The van der Waals surface area contributed by atoms with Crippen LogP contribution in [0.15, 0.2) is 120 Å². The van der Waals surface area contributed by atoms with Crippen LogP contribution in [0.5, 0.6) is 0 Å². The van der Waals surface area contributed by atoms with Crippen molar-refractivity contribution in [3.05, 3.63) is 126 Å². The van der Waals surface area contributed by atoms with Gasteiger partial charge in [0.05, 0.1) is 5.69 Å². The van der Waals surface area contributed by atoms with Gasteiger partial charge in [-0.1, -0.05) is 72.8 Å². The maximum absolute atomic E-state index is 6.16. The van der Waals surface area contributed by atoms with E-state index in [-0.39, 0.29) is 0 Å². The molecule has 180 valence electrons. The highest BCUT2D eigenvalue weighted by atomic mass is 16.3. The Morgan fingerprint density at radius 3 is 2.08 bits per heavy atom. The zero-order valence-corrected chi connectivity index (χ0v) is 21.3. The standard InChI is InChI=1S/C36H25NO/c1-22-12-13-24-14-16-28-23(2)20-32(30-18-17-27(22)35(24)36(28)30)37(25-8-4-3-5-9-25)26-15-19-34-31(21-26)29-10-6-7-11-33(29)38-34/h3-21H,1-2H3. The molecule has 0 aliphatic carbocycles. The van der Waals surface area contributed by atoms with E-state index in [0.29, 0.717) is 0 Å². The lowest BCUT2D eigenvalue weighted by Crippen LogP contribution is -2.11. The first-order valence-electron chi connectivity index (χ1n) is 13.1. The normalized spacial score (nSPS) is 11.9. The number of fused-ring (bicyclic) bond motifs is 3. The minimum atomic E-state index is 0.907. The molecular formula is C36H25NO. The Morgan fingerprint density at radius 2 is 1.18 bits per heavy atom. The zero-order chi connectivity index (χ0) is 25.4. The highest BCUT2D eigenvalue weighted by molar-refractivity contribution is 6.27. The van der Waals surface area contributed by atoms with Crippen molar-refractivity contribution in [2.24, 2.45) is 0 Å². The largest absolute Gasteiger partial charge is 0.456 e. The SMILES string of the molecule is Cc1ccc2ccc3c(C)cc(N(c4ccccc4)c4ccc5oc6ccccc6c5c4)c4ccc1c2c34. The Bertz CT molecular complexity index is 2150. The number of furan rings is 1. The lowest BCUT2D eigenvalue weighted by molar-refractivity contribution is 0.669. The van der Waals surface area contributed by atoms with E-state index in [1.165, 1.54) is 49.1 Å². The van der Waals surface area contributed by atoms with Gasteiger partial charge in [0.15, 0.2) is 0 Å². The van der Waals surface area contributed by atoms with Gasteiger partial charge in [0.25, 0.3) is 0 Å². The van der Waals surface area contributed by atoms with E-state index >= 15 is 0 Å². The van der Waals surface area contributed by atoms with Crippen molar-refractivity contribution >= 4 is 71.3 Å². The molecule has 0 aliphatic rings. The van der Waals surface area contributed by atoms with E-state index in [2.05, 4.69) is 122 Å². The molecule has 0 spiro atoms. The summed E-state index contributed by atoms with van der Waals surface area (Å²) < 4.78 is 6.16. The Balaban J connectivity index is 1.48. The van der Waals surface area contributed by atoms with Crippen LogP contribution in [-0.4, -0.2) is 0 Å². The lowest BCUT2D eigenvalue weighted by atomic mass is 9.89.